The van der Waals surface area contributed by atoms with Crippen molar-refractivity contribution in [3.8, 4) is 0 Å². The molecule has 1 saturated heterocycles. The minimum absolute atomic E-state index is 0.0433. The van der Waals surface area contributed by atoms with Crippen LogP contribution in [0.3, 0.4) is 0 Å². The van der Waals surface area contributed by atoms with Gasteiger partial charge in [0, 0.05) is 17.3 Å². The van der Waals surface area contributed by atoms with Crippen LogP contribution in [0.5, 0.6) is 0 Å². The summed E-state index contributed by atoms with van der Waals surface area (Å²) in [5, 5.41) is 5.95. The summed E-state index contributed by atoms with van der Waals surface area (Å²) < 4.78 is 5.13. The number of unbranched alkanes of at least 4 members (excludes halogenated alkanes) is 1. The Hall–Kier alpha value is -1.53. The average Bonchev–Trinajstić information content (AvgIpc) is 3.02. The predicted octanol–water partition coefficient (Wildman–Crippen LogP) is 2.24. The molecule has 1 unspecified atom stereocenters. The van der Waals surface area contributed by atoms with Crippen LogP contribution in [0.1, 0.15) is 30.1 Å². The van der Waals surface area contributed by atoms with Gasteiger partial charge in [0.25, 0.3) is 0 Å². The van der Waals surface area contributed by atoms with Crippen LogP contribution < -0.4 is 10.6 Å². The molecule has 1 atom stereocenters. The lowest BCUT2D eigenvalue weighted by Gasteiger charge is -2.11. The Balaban J connectivity index is 1.86. The largest absolute Gasteiger partial charge is 0.462 e. The number of esters is 1. The minimum atomic E-state index is -0.324. The molecule has 114 valence electrons. The molecule has 1 aromatic rings. The molecule has 2 N–H and O–H groups in total. The van der Waals surface area contributed by atoms with Crippen molar-refractivity contribution in [1.82, 2.24) is 5.32 Å². The van der Waals surface area contributed by atoms with Crippen LogP contribution in [0.15, 0.2) is 24.3 Å². The molecule has 0 bridgehead atoms. The first-order valence-electron chi connectivity index (χ1n) is 7.10. The molecule has 1 aromatic carbocycles. The summed E-state index contributed by atoms with van der Waals surface area (Å²) in [6.45, 7) is 2.49. The summed E-state index contributed by atoms with van der Waals surface area (Å²) in [4.78, 5) is 23.7. The number of anilines is 1. The number of carbonyl (C=O) groups is 2. The van der Waals surface area contributed by atoms with Crippen LogP contribution in [0.25, 0.3) is 0 Å². The van der Waals surface area contributed by atoms with E-state index in [-0.39, 0.29) is 17.9 Å². The monoisotopic (exact) mass is 308 g/mol. The van der Waals surface area contributed by atoms with Crippen LogP contribution in [0, 0.1) is 0 Å². The Morgan fingerprint density at radius 1 is 1.38 bits per heavy atom. The molecule has 0 aromatic heterocycles. The average molecular weight is 308 g/mol. The quantitative estimate of drug-likeness (QED) is 0.623. The van der Waals surface area contributed by atoms with E-state index in [1.807, 2.05) is 6.92 Å². The Morgan fingerprint density at radius 2 is 2.14 bits per heavy atom. The predicted molar refractivity (Wildman–Crippen MR) is 84.5 cm³/mol. The number of benzene rings is 1. The molecule has 0 spiro atoms. The van der Waals surface area contributed by atoms with E-state index in [0.29, 0.717) is 17.9 Å². The fourth-order valence-corrected chi connectivity index (χ4v) is 2.82. The van der Waals surface area contributed by atoms with E-state index in [9.17, 15) is 9.59 Å². The minimum Gasteiger partial charge on any atom is -0.462 e. The number of thioether (sulfide) groups is 1. The lowest BCUT2D eigenvalue weighted by Crippen LogP contribution is -2.37. The smallest absolute Gasteiger partial charge is 0.338 e. The summed E-state index contributed by atoms with van der Waals surface area (Å²) in [7, 11) is 0. The Kier molecular flexibility index (Phi) is 6.07. The van der Waals surface area contributed by atoms with Crippen molar-refractivity contribution >= 4 is 29.3 Å². The van der Waals surface area contributed by atoms with Gasteiger partial charge in [-0.25, -0.2) is 4.79 Å². The van der Waals surface area contributed by atoms with Gasteiger partial charge in [-0.3, -0.25) is 10.1 Å². The van der Waals surface area contributed by atoms with Gasteiger partial charge in [-0.05, 0) is 30.7 Å². The number of hydrogen-bond acceptors (Lipinski definition) is 5. The first-order valence-corrected chi connectivity index (χ1v) is 8.25. The molecule has 1 fully saturated rings. The van der Waals surface area contributed by atoms with E-state index >= 15 is 0 Å². The highest BCUT2D eigenvalue weighted by atomic mass is 32.2. The maximum absolute atomic E-state index is 11.9. The van der Waals surface area contributed by atoms with Gasteiger partial charge in [-0.15, -0.1) is 11.8 Å². The third-order valence-electron chi connectivity index (χ3n) is 3.15. The van der Waals surface area contributed by atoms with E-state index in [0.717, 1.165) is 24.5 Å². The Bertz CT molecular complexity index is 484. The summed E-state index contributed by atoms with van der Waals surface area (Å²) in [6.07, 6.45) is 1.86. The van der Waals surface area contributed by atoms with Crippen molar-refractivity contribution in [2.24, 2.45) is 0 Å². The van der Waals surface area contributed by atoms with Crippen molar-refractivity contribution < 1.29 is 14.3 Å². The Morgan fingerprint density at radius 3 is 2.76 bits per heavy atom. The highest BCUT2D eigenvalue weighted by molar-refractivity contribution is 7.99. The molecule has 1 amide bonds. The number of nitrogens with one attached hydrogen (secondary N) is 2. The van der Waals surface area contributed by atoms with E-state index in [1.54, 1.807) is 36.0 Å². The van der Waals surface area contributed by atoms with E-state index in [4.69, 9.17) is 4.74 Å². The second-order valence-corrected chi connectivity index (χ2v) is 5.86. The Labute approximate surface area is 128 Å². The van der Waals surface area contributed by atoms with Gasteiger partial charge >= 0.3 is 5.97 Å². The van der Waals surface area contributed by atoms with E-state index < -0.39 is 0 Å². The van der Waals surface area contributed by atoms with Gasteiger partial charge < -0.3 is 10.1 Å². The molecule has 1 aliphatic heterocycles. The van der Waals surface area contributed by atoms with Crippen LogP contribution in [0.2, 0.25) is 0 Å². The number of rotatable bonds is 6. The van der Waals surface area contributed by atoms with Gasteiger partial charge in [0.15, 0.2) is 0 Å². The molecule has 1 heterocycles. The second kappa shape index (κ2) is 8.05. The number of hydrogen-bond donors (Lipinski definition) is 2. The topological polar surface area (TPSA) is 67.4 Å². The molecule has 0 aliphatic carbocycles. The van der Waals surface area contributed by atoms with Gasteiger partial charge in [0.1, 0.15) is 0 Å². The van der Waals surface area contributed by atoms with Crippen molar-refractivity contribution in [2.45, 2.75) is 25.8 Å². The van der Waals surface area contributed by atoms with E-state index in [2.05, 4.69) is 10.6 Å². The highest BCUT2D eigenvalue weighted by Gasteiger charge is 2.22. The first-order chi connectivity index (χ1) is 10.2. The number of amides is 1. The SMILES string of the molecule is CCCCOC(=O)c1ccc(NC(=O)C2CSCN2)cc1. The third kappa shape index (κ3) is 4.75. The lowest BCUT2D eigenvalue weighted by molar-refractivity contribution is -0.117. The second-order valence-electron chi connectivity index (χ2n) is 4.83. The van der Waals surface area contributed by atoms with Gasteiger partial charge in [0.2, 0.25) is 5.91 Å². The molecule has 0 saturated carbocycles. The van der Waals surface area contributed by atoms with E-state index in [1.165, 1.54) is 0 Å². The van der Waals surface area contributed by atoms with Crippen molar-refractivity contribution in [3.63, 3.8) is 0 Å². The van der Waals surface area contributed by atoms with Gasteiger partial charge in [0.05, 0.1) is 18.2 Å². The number of ether oxygens (including phenoxy) is 1. The summed E-state index contributed by atoms with van der Waals surface area (Å²) in [6, 6.07) is 6.63. The molecule has 1 aliphatic rings. The van der Waals surface area contributed by atoms with Gasteiger partial charge in [-0.2, -0.15) is 0 Å². The van der Waals surface area contributed by atoms with Crippen molar-refractivity contribution in [3.05, 3.63) is 29.8 Å². The summed E-state index contributed by atoms with van der Waals surface area (Å²) in [5.74, 6) is 1.22. The third-order valence-corrected chi connectivity index (χ3v) is 4.09. The molecular weight excluding hydrogens is 288 g/mol. The number of carbonyl (C=O) groups excluding carboxylic acids is 2. The van der Waals surface area contributed by atoms with Gasteiger partial charge in [-0.1, -0.05) is 13.3 Å². The summed E-state index contributed by atoms with van der Waals surface area (Å²) >= 11 is 1.70. The fourth-order valence-electron chi connectivity index (χ4n) is 1.88. The fraction of sp³-hybridized carbons (Fsp3) is 0.467. The van der Waals surface area contributed by atoms with Crippen molar-refractivity contribution in [1.29, 1.82) is 0 Å². The molecular formula is C15H20N2O3S. The van der Waals surface area contributed by atoms with Crippen LogP contribution in [-0.4, -0.2) is 36.2 Å². The maximum Gasteiger partial charge on any atom is 0.338 e. The molecule has 0 radical (unpaired) electrons. The molecule has 5 nitrogen and oxygen atoms in total. The summed E-state index contributed by atoms with van der Waals surface area (Å²) in [5.41, 5.74) is 1.18. The zero-order valence-corrected chi connectivity index (χ0v) is 12.9. The zero-order chi connectivity index (χ0) is 15.1. The standard InChI is InChI=1S/C15H20N2O3S/c1-2-3-8-20-15(19)11-4-6-12(7-5-11)17-14(18)13-9-21-10-16-13/h4-7,13,16H,2-3,8-10H2,1H3,(H,17,18). The zero-order valence-electron chi connectivity index (χ0n) is 12.1. The molecule has 2 rings (SSSR count). The molecule has 6 heteroatoms. The first kappa shape index (κ1) is 15.9. The van der Waals surface area contributed by atoms with Crippen molar-refractivity contribution in [2.75, 3.05) is 23.6 Å². The van der Waals surface area contributed by atoms with Crippen LogP contribution >= 0.6 is 11.8 Å². The lowest BCUT2D eigenvalue weighted by atomic mass is 10.2. The maximum atomic E-state index is 11.9. The highest BCUT2D eigenvalue weighted by Crippen LogP contribution is 2.14. The van der Waals surface area contributed by atoms with Crippen LogP contribution in [-0.2, 0) is 9.53 Å². The normalized spacial score (nSPS) is 17.5. The van der Waals surface area contributed by atoms with Crippen LogP contribution in [0.4, 0.5) is 5.69 Å². The molecule has 21 heavy (non-hydrogen) atoms.